The normalized spacial score (nSPS) is 11.8. The van der Waals surface area contributed by atoms with Crippen LogP contribution in [0.5, 0.6) is 17.2 Å². The van der Waals surface area contributed by atoms with Gasteiger partial charge in [0.05, 0.1) is 18.5 Å². The maximum absolute atomic E-state index is 5.48. The maximum atomic E-state index is 5.48. The minimum Gasteiger partial charge on any atom is -0.493 e. The smallest absolute Gasteiger partial charge is 0.231 e. The van der Waals surface area contributed by atoms with E-state index >= 15 is 0 Å². The minimum absolute atomic E-state index is 0.161. The van der Waals surface area contributed by atoms with E-state index in [1.807, 2.05) is 43.3 Å². The Morgan fingerprint density at radius 3 is 2.72 bits per heavy atom. The Bertz CT molecular complexity index is 1270. The van der Waals surface area contributed by atoms with E-state index in [0.29, 0.717) is 29.0 Å². The quantitative estimate of drug-likeness (QED) is 0.460. The Morgan fingerprint density at radius 2 is 1.88 bits per heavy atom. The molecule has 0 spiro atoms. The first kappa shape index (κ1) is 19.6. The molecular weight excluding hydrogens is 408 g/mol. The van der Waals surface area contributed by atoms with Crippen LogP contribution in [0.4, 0.5) is 23.1 Å². The fraction of sp³-hybridized carbons (Fsp3) is 0.130. The number of aromatic nitrogens is 4. The maximum Gasteiger partial charge on any atom is 0.231 e. The van der Waals surface area contributed by atoms with Crippen molar-refractivity contribution in [1.82, 2.24) is 19.9 Å². The number of ether oxygens (including phenoxy) is 3. The van der Waals surface area contributed by atoms with Crippen LogP contribution in [0, 0.1) is 6.92 Å². The van der Waals surface area contributed by atoms with E-state index in [-0.39, 0.29) is 6.79 Å². The van der Waals surface area contributed by atoms with Crippen molar-refractivity contribution >= 4 is 23.1 Å². The zero-order valence-corrected chi connectivity index (χ0v) is 17.5. The van der Waals surface area contributed by atoms with Crippen molar-refractivity contribution in [3.05, 3.63) is 66.6 Å². The number of nitrogens with zero attached hydrogens (tertiary/aromatic N) is 4. The Kier molecular flexibility index (Phi) is 5.12. The Hall–Kier alpha value is -4.40. The molecule has 2 N–H and O–H groups in total. The summed E-state index contributed by atoms with van der Waals surface area (Å²) < 4.78 is 16.3. The summed E-state index contributed by atoms with van der Waals surface area (Å²) in [5, 5.41) is 6.51. The monoisotopic (exact) mass is 428 g/mol. The Morgan fingerprint density at radius 1 is 0.938 bits per heavy atom. The number of benzene rings is 1. The summed E-state index contributed by atoms with van der Waals surface area (Å²) >= 11 is 0. The molecule has 9 nitrogen and oxygen atoms in total. The SMILES string of the molecule is COc1cc(Nc2nccc(Nc3ccc(C)nc3-c3ccccn3)n2)cc2c1OCO2. The number of anilines is 4. The minimum atomic E-state index is 0.161. The van der Waals surface area contributed by atoms with Crippen LogP contribution in [0.15, 0.2) is 60.9 Å². The summed E-state index contributed by atoms with van der Waals surface area (Å²) in [6.07, 6.45) is 3.42. The number of aryl methyl sites for hydroxylation is 1. The fourth-order valence-corrected chi connectivity index (χ4v) is 3.31. The molecule has 0 saturated carbocycles. The molecule has 9 heteroatoms. The molecule has 0 saturated heterocycles. The van der Waals surface area contributed by atoms with E-state index < -0.39 is 0 Å². The van der Waals surface area contributed by atoms with Gasteiger partial charge in [0.2, 0.25) is 18.5 Å². The first-order valence-corrected chi connectivity index (χ1v) is 9.93. The molecule has 160 valence electrons. The number of pyridine rings is 2. The van der Waals surface area contributed by atoms with Gasteiger partial charge in [-0.3, -0.25) is 4.98 Å². The lowest BCUT2D eigenvalue weighted by atomic mass is 10.2. The summed E-state index contributed by atoms with van der Waals surface area (Å²) in [7, 11) is 1.58. The third-order valence-electron chi connectivity index (χ3n) is 4.77. The Labute approximate surface area is 184 Å². The molecule has 0 radical (unpaired) electrons. The van der Waals surface area contributed by atoms with Gasteiger partial charge in [0.15, 0.2) is 11.5 Å². The first-order chi connectivity index (χ1) is 15.7. The van der Waals surface area contributed by atoms with Crippen molar-refractivity contribution in [2.45, 2.75) is 6.92 Å². The highest BCUT2D eigenvalue weighted by Gasteiger charge is 2.20. The molecule has 0 bridgehead atoms. The summed E-state index contributed by atoms with van der Waals surface area (Å²) in [5.41, 5.74) is 3.94. The van der Waals surface area contributed by atoms with Gasteiger partial charge in [-0.25, -0.2) is 9.97 Å². The molecule has 4 aromatic rings. The number of hydrogen-bond donors (Lipinski definition) is 2. The number of rotatable bonds is 6. The van der Waals surface area contributed by atoms with Gasteiger partial charge in [-0.05, 0) is 37.3 Å². The van der Waals surface area contributed by atoms with Gasteiger partial charge in [0, 0.05) is 35.9 Å². The summed E-state index contributed by atoms with van der Waals surface area (Å²) in [4.78, 5) is 18.0. The second-order valence-corrected chi connectivity index (χ2v) is 6.99. The molecule has 5 rings (SSSR count). The van der Waals surface area contributed by atoms with Crippen molar-refractivity contribution in [1.29, 1.82) is 0 Å². The molecule has 0 atom stereocenters. The highest BCUT2D eigenvalue weighted by atomic mass is 16.7. The van der Waals surface area contributed by atoms with Crippen LogP contribution in [0.1, 0.15) is 5.69 Å². The molecule has 0 amide bonds. The fourth-order valence-electron chi connectivity index (χ4n) is 3.31. The van der Waals surface area contributed by atoms with Gasteiger partial charge in [-0.15, -0.1) is 0 Å². The summed E-state index contributed by atoms with van der Waals surface area (Å²) in [6.45, 7) is 2.11. The average Bonchev–Trinajstić information content (AvgIpc) is 3.29. The van der Waals surface area contributed by atoms with Crippen LogP contribution in [0.3, 0.4) is 0 Å². The molecule has 0 unspecified atom stereocenters. The molecule has 0 fully saturated rings. The lowest BCUT2D eigenvalue weighted by molar-refractivity contribution is 0.171. The highest BCUT2D eigenvalue weighted by Crippen LogP contribution is 2.43. The van der Waals surface area contributed by atoms with Crippen molar-refractivity contribution in [2.75, 3.05) is 24.5 Å². The topological polar surface area (TPSA) is 103 Å². The number of nitrogens with one attached hydrogen (secondary N) is 2. The van der Waals surface area contributed by atoms with E-state index in [1.54, 1.807) is 31.6 Å². The molecule has 3 aromatic heterocycles. The molecule has 1 aromatic carbocycles. The van der Waals surface area contributed by atoms with Gasteiger partial charge in [-0.1, -0.05) is 6.07 Å². The largest absolute Gasteiger partial charge is 0.493 e. The van der Waals surface area contributed by atoms with E-state index in [4.69, 9.17) is 14.2 Å². The van der Waals surface area contributed by atoms with Gasteiger partial charge in [0.25, 0.3) is 0 Å². The van der Waals surface area contributed by atoms with Crippen molar-refractivity contribution in [3.8, 4) is 28.6 Å². The first-order valence-electron chi connectivity index (χ1n) is 9.93. The van der Waals surface area contributed by atoms with Crippen molar-refractivity contribution in [2.24, 2.45) is 0 Å². The second kappa shape index (κ2) is 8.38. The molecule has 1 aliphatic heterocycles. The van der Waals surface area contributed by atoms with E-state index in [1.165, 1.54) is 0 Å². The third-order valence-corrected chi connectivity index (χ3v) is 4.77. The molecule has 4 heterocycles. The van der Waals surface area contributed by atoms with Crippen LogP contribution < -0.4 is 24.8 Å². The zero-order chi connectivity index (χ0) is 21.9. The van der Waals surface area contributed by atoms with Gasteiger partial charge >= 0.3 is 0 Å². The lowest BCUT2D eigenvalue weighted by Crippen LogP contribution is -2.03. The van der Waals surface area contributed by atoms with Crippen molar-refractivity contribution < 1.29 is 14.2 Å². The van der Waals surface area contributed by atoms with Crippen molar-refractivity contribution in [3.63, 3.8) is 0 Å². The van der Waals surface area contributed by atoms with Gasteiger partial charge in [-0.2, -0.15) is 4.98 Å². The summed E-state index contributed by atoms with van der Waals surface area (Å²) in [5.74, 6) is 2.78. The zero-order valence-electron chi connectivity index (χ0n) is 17.5. The predicted octanol–water partition coefficient (Wildman–Crippen LogP) is 4.47. The Balaban J connectivity index is 1.42. The molecule has 0 aliphatic carbocycles. The van der Waals surface area contributed by atoms with Crippen LogP contribution in [0.2, 0.25) is 0 Å². The molecule has 32 heavy (non-hydrogen) atoms. The average molecular weight is 428 g/mol. The number of methoxy groups -OCH3 is 1. The second-order valence-electron chi connectivity index (χ2n) is 6.99. The van der Waals surface area contributed by atoms with E-state index in [0.717, 1.165) is 28.5 Å². The molecular formula is C23H20N6O3. The lowest BCUT2D eigenvalue weighted by Gasteiger charge is -2.13. The number of hydrogen-bond acceptors (Lipinski definition) is 9. The van der Waals surface area contributed by atoms with Crippen LogP contribution in [-0.2, 0) is 0 Å². The van der Waals surface area contributed by atoms with Crippen LogP contribution >= 0.6 is 0 Å². The summed E-state index contributed by atoms with van der Waals surface area (Å²) in [6, 6.07) is 15.0. The van der Waals surface area contributed by atoms with Gasteiger partial charge < -0.3 is 24.8 Å². The standard InChI is InChI=1S/C23H20N6O3/c1-14-6-7-17(21(26-14)16-5-3-4-9-24-16)28-20-8-10-25-23(29-20)27-15-11-18(30-2)22-19(12-15)31-13-32-22/h3-12H,13H2,1-2H3,(H2,25,27,28,29). The third kappa shape index (κ3) is 3.95. The van der Waals surface area contributed by atoms with Crippen LogP contribution in [0.25, 0.3) is 11.4 Å². The predicted molar refractivity (Wildman–Crippen MR) is 120 cm³/mol. The van der Waals surface area contributed by atoms with Crippen LogP contribution in [-0.4, -0.2) is 33.8 Å². The van der Waals surface area contributed by atoms with Gasteiger partial charge in [0.1, 0.15) is 11.5 Å². The molecule has 1 aliphatic rings. The van der Waals surface area contributed by atoms with E-state index in [2.05, 4.69) is 30.6 Å². The number of fused-ring (bicyclic) bond motifs is 1. The van der Waals surface area contributed by atoms with E-state index in [9.17, 15) is 0 Å². The highest BCUT2D eigenvalue weighted by molar-refractivity contribution is 5.75.